The zero-order chi connectivity index (χ0) is 13.9. The highest BCUT2D eigenvalue weighted by Gasteiger charge is 2.35. The molecule has 2 N–H and O–H groups in total. The summed E-state index contributed by atoms with van der Waals surface area (Å²) in [5.74, 6) is 1.87. The minimum Gasteiger partial charge on any atom is -0.326 e. The molecular weight excluding hydrogens is 246 g/mol. The van der Waals surface area contributed by atoms with Gasteiger partial charge in [0.15, 0.2) is 0 Å². The lowest BCUT2D eigenvalue weighted by molar-refractivity contribution is 0.0493. The molecule has 1 saturated carbocycles. The Morgan fingerprint density at radius 1 is 1.25 bits per heavy atom. The number of nitrogens with two attached hydrogens (primary N) is 1. The molecule has 4 unspecified atom stereocenters. The SMILES string of the molecule is CC(N)C(c1cccnc1)N1CCC2CCCCC2C1. The van der Waals surface area contributed by atoms with E-state index in [0.717, 1.165) is 11.8 Å². The second kappa shape index (κ2) is 6.23. The number of rotatable bonds is 3. The summed E-state index contributed by atoms with van der Waals surface area (Å²) in [6, 6.07) is 4.68. The molecule has 1 aromatic heterocycles. The summed E-state index contributed by atoms with van der Waals surface area (Å²) in [6.07, 6.45) is 10.9. The van der Waals surface area contributed by atoms with Crippen molar-refractivity contribution in [3.05, 3.63) is 30.1 Å². The van der Waals surface area contributed by atoms with Crippen LogP contribution in [0.2, 0.25) is 0 Å². The van der Waals surface area contributed by atoms with Crippen LogP contribution in [-0.2, 0) is 0 Å². The van der Waals surface area contributed by atoms with Crippen LogP contribution < -0.4 is 5.73 Å². The molecule has 110 valence electrons. The highest BCUT2D eigenvalue weighted by Crippen LogP contribution is 2.39. The van der Waals surface area contributed by atoms with Gasteiger partial charge >= 0.3 is 0 Å². The summed E-state index contributed by atoms with van der Waals surface area (Å²) >= 11 is 0. The van der Waals surface area contributed by atoms with E-state index < -0.39 is 0 Å². The smallest absolute Gasteiger partial charge is 0.0511 e. The largest absolute Gasteiger partial charge is 0.326 e. The number of pyridine rings is 1. The van der Waals surface area contributed by atoms with Crippen LogP contribution in [0.5, 0.6) is 0 Å². The Balaban J connectivity index is 1.75. The van der Waals surface area contributed by atoms with Crippen LogP contribution in [0.4, 0.5) is 0 Å². The average molecular weight is 273 g/mol. The third kappa shape index (κ3) is 2.89. The molecule has 20 heavy (non-hydrogen) atoms. The average Bonchev–Trinajstić information content (AvgIpc) is 2.48. The lowest BCUT2D eigenvalue weighted by Gasteiger charge is -2.45. The third-order valence-electron chi connectivity index (χ3n) is 5.24. The van der Waals surface area contributed by atoms with Crippen molar-refractivity contribution >= 4 is 0 Å². The number of aromatic nitrogens is 1. The van der Waals surface area contributed by atoms with E-state index in [2.05, 4.69) is 22.9 Å². The molecule has 0 bridgehead atoms. The molecule has 1 saturated heterocycles. The molecule has 2 heterocycles. The minimum absolute atomic E-state index is 0.152. The molecule has 3 heteroatoms. The zero-order valence-corrected chi connectivity index (χ0v) is 12.5. The van der Waals surface area contributed by atoms with Gasteiger partial charge in [0.2, 0.25) is 0 Å². The summed E-state index contributed by atoms with van der Waals surface area (Å²) in [7, 11) is 0. The van der Waals surface area contributed by atoms with Gasteiger partial charge in [0, 0.05) is 25.0 Å². The van der Waals surface area contributed by atoms with Crippen LogP contribution in [0.15, 0.2) is 24.5 Å². The minimum atomic E-state index is 0.152. The maximum absolute atomic E-state index is 6.30. The van der Waals surface area contributed by atoms with E-state index in [1.54, 1.807) is 0 Å². The number of likely N-dealkylation sites (tertiary alicyclic amines) is 1. The second-order valence-electron chi connectivity index (χ2n) is 6.68. The van der Waals surface area contributed by atoms with E-state index >= 15 is 0 Å². The van der Waals surface area contributed by atoms with Gasteiger partial charge in [-0.2, -0.15) is 0 Å². The number of hydrogen-bond donors (Lipinski definition) is 1. The summed E-state index contributed by atoms with van der Waals surface area (Å²) in [5.41, 5.74) is 7.57. The van der Waals surface area contributed by atoms with Gasteiger partial charge in [0.1, 0.15) is 0 Å². The topological polar surface area (TPSA) is 42.1 Å². The van der Waals surface area contributed by atoms with E-state index in [9.17, 15) is 0 Å². The van der Waals surface area contributed by atoms with Gasteiger partial charge in [-0.1, -0.05) is 25.3 Å². The second-order valence-corrected chi connectivity index (χ2v) is 6.68. The predicted octanol–water partition coefficient (Wildman–Crippen LogP) is 2.98. The Bertz CT molecular complexity index is 418. The first-order valence-corrected chi connectivity index (χ1v) is 8.15. The summed E-state index contributed by atoms with van der Waals surface area (Å²) in [5, 5.41) is 0. The predicted molar refractivity (Wildman–Crippen MR) is 82.3 cm³/mol. The Labute approximate surface area is 122 Å². The van der Waals surface area contributed by atoms with Crippen LogP contribution in [0.3, 0.4) is 0 Å². The van der Waals surface area contributed by atoms with Gasteiger partial charge in [-0.05, 0) is 49.8 Å². The fraction of sp³-hybridized carbons (Fsp3) is 0.706. The standard InChI is InChI=1S/C17H27N3/c1-13(18)17(15-7-4-9-19-11-15)20-10-8-14-5-2-3-6-16(14)12-20/h4,7,9,11,13-14,16-17H,2-3,5-6,8,10,12,18H2,1H3. The van der Waals surface area contributed by atoms with E-state index in [1.165, 1.54) is 50.8 Å². The van der Waals surface area contributed by atoms with Crippen molar-refractivity contribution in [2.24, 2.45) is 17.6 Å². The van der Waals surface area contributed by atoms with Crippen LogP contribution >= 0.6 is 0 Å². The molecule has 0 aromatic carbocycles. The highest BCUT2D eigenvalue weighted by molar-refractivity contribution is 5.16. The first kappa shape index (κ1) is 14.0. The van der Waals surface area contributed by atoms with E-state index in [4.69, 9.17) is 5.73 Å². The molecule has 3 rings (SSSR count). The summed E-state index contributed by atoms with van der Waals surface area (Å²) in [6.45, 7) is 4.55. The number of hydrogen-bond acceptors (Lipinski definition) is 3. The maximum Gasteiger partial charge on any atom is 0.0511 e. The fourth-order valence-electron chi connectivity index (χ4n) is 4.28. The lowest BCUT2D eigenvalue weighted by atomic mass is 9.74. The van der Waals surface area contributed by atoms with Crippen molar-refractivity contribution in [2.45, 2.75) is 51.1 Å². The lowest BCUT2D eigenvalue weighted by Crippen LogP contribution is -2.47. The zero-order valence-electron chi connectivity index (χ0n) is 12.5. The van der Waals surface area contributed by atoms with Gasteiger partial charge in [0.05, 0.1) is 6.04 Å². The molecule has 0 spiro atoms. The molecule has 1 aliphatic heterocycles. The summed E-state index contributed by atoms with van der Waals surface area (Å²) in [4.78, 5) is 6.90. The molecule has 1 aromatic rings. The van der Waals surface area contributed by atoms with Gasteiger partial charge in [-0.3, -0.25) is 9.88 Å². The van der Waals surface area contributed by atoms with Crippen molar-refractivity contribution in [2.75, 3.05) is 13.1 Å². The first-order valence-electron chi connectivity index (χ1n) is 8.15. The Kier molecular flexibility index (Phi) is 4.37. The summed E-state index contributed by atoms with van der Waals surface area (Å²) < 4.78 is 0. The van der Waals surface area contributed by atoms with E-state index in [1.807, 2.05) is 18.5 Å². The van der Waals surface area contributed by atoms with Crippen molar-refractivity contribution in [1.29, 1.82) is 0 Å². The van der Waals surface area contributed by atoms with E-state index in [-0.39, 0.29) is 6.04 Å². The molecule has 3 nitrogen and oxygen atoms in total. The van der Waals surface area contributed by atoms with Gasteiger partial charge in [0.25, 0.3) is 0 Å². The van der Waals surface area contributed by atoms with E-state index in [0.29, 0.717) is 6.04 Å². The maximum atomic E-state index is 6.30. The monoisotopic (exact) mass is 273 g/mol. The molecule has 4 atom stereocenters. The fourth-order valence-corrected chi connectivity index (χ4v) is 4.28. The first-order chi connectivity index (χ1) is 9.75. The molecule has 1 aliphatic carbocycles. The Morgan fingerprint density at radius 3 is 2.75 bits per heavy atom. The number of piperidine rings is 1. The van der Waals surface area contributed by atoms with Crippen molar-refractivity contribution in [3.63, 3.8) is 0 Å². The van der Waals surface area contributed by atoms with Gasteiger partial charge in [-0.25, -0.2) is 0 Å². The molecule has 0 radical (unpaired) electrons. The molecule has 2 fully saturated rings. The van der Waals surface area contributed by atoms with Crippen LogP contribution in [0.1, 0.15) is 50.6 Å². The molecule has 2 aliphatic rings. The number of nitrogens with zero attached hydrogens (tertiary/aromatic N) is 2. The quantitative estimate of drug-likeness (QED) is 0.920. The Morgan fingerprint density at radius 2 is 2.05 bits per heavy atom. The molecule has 0 amide bonds. The van der Waals surface area contributed by atoms with Crippen LogP contribution in [0.25, 0.3) is 0 Å². The van der Waals surface area contributed by atoms with Gasteiger partial charge < -0.3 is 5.73 Å². The van der Waals surface area contributed by atoms with Gasteiger partial charge in [-0.15, -0.1) is 0 Å². The van der Waals surface area contributed by atoms with Crippen molar-refractivity contribution in [1.82, 2.24) is 9.88 Å². The van der Waals surface area contributed by atoms with Crippen LogP contribution in [-0.4, -0.2) is 29.0 Å². The number of fused-ring (bicyclic) bond motifs is 1. The third-order valence-corrected chi connectivity index (χ3v) is 5.24. The van der Waals surface area contributed by atoms with Crippen molar-refractivity contribution in [3.8, 4) is 0 Å². The van der Waals surface area contributed by atoms with Crippen LogP contribution in [0, 0.1) is 11.8 Å². The normalized spacial score (nSPS) is 30.5. The highest BCUT2D eigenvalue weighted by atomic mass is 15.2. The van der Waals surface area contributed by atoms with Crippen molar-refractivity contribution < 1.29 is 0 Å². The Hall–Kier alpha value is -0.930. The molecular formula is C17H27N3.